The summed E-state index contributed by atoms with van der Waals surface area (Å²) in [6, 6.07) is 0. The number of anilines is 1. The van der Waals surface area contributed by atoms with Gasteiger partial charge >= 0.3 is 0 Å². The zero-order valence-electron chi connectivity index (χ0n) is 10.8. The van der Waals surface area contributed by atoms with Crippen molar-refractivity contribution < 1.29 is 0 Å². The van der Waals surface area contributed by atoms with Crippen molar-refractivity contribution in [2.45, 2.75) is 6.92 Å². The molecule has 0 aliphatic carbocycles. The topological polar surface area (TPSA) is 91.5 Å². The summed E-state index contributed by atoms with van der Waals surface area (Å²) in [5.41, 5.74) is 0.912. The number of hydrogen-bond donors (Lipinski definition) is 3. The van der Waals surface area contributed by atoms with Crippen molar-refractivity contribution in [1.29, 1.82) is 5.41 Å². The standard InChI is InChI=1S/C12H15N7/c1-9-7-19(8-17-9)12(14-2)5-10(13)18-11-6-15-3-4-16-11/h3-8,14H,1-2H3,(H2,13,16,18)/b12-5+. The molecule has 0 unspecified atom stereocenters. The van der Waals surface area contributed by atoms with Gasteiger partial charge in [-0.3, -0.25) is 15.0 Å². The van der Waals surface area contributed by atoms with Crippen molar-refractivity contribution in [3.8, 4) is 0 Å². The summed E-state index contributed by atoms with van der Waals surface area (Å²) in [7, 11) is 1.79. The average molecular weight is 257 g/mol. The van der Waals surface area contributed by atoms with Crippen LogP contribution >= 0.6 is 0 Å². The van der Waals surface area contributed by atoms with Gasteiger partial charge in [0.2, 0.25) is 0 Å². The summed E-state index contributed by atoms with van der Waals surface area (Å²) in [4.78, 5) is 12.1. The Hall–Kier alpha value is -2.70. The summed E-state index contributed by atoms with van der Waals surface area (Å²) < 4.78 is 1.81. The van der Waals surface area contributed by atoms with E-state index in [1.807, 2.05) is 17.7 Å². The molecule has 0 radical (unpaired) electrons. The molecular weight excluding hydrogens is 242 g/mol. The van der Waals surface area contributed by atoms with E-state index in [0.717, 1.165) is 11.5 Å². The second kappa shape index (κ2) is 5.76. The van der Waals surface area contributed by atoms with Crippen LogP contribution in [0.4, 0.5) is 5.82 Å². The van der Waals surface area contributed by atoms with Gasteiger partial charge in [0.25, 0.3) is 0 Å². The molecule has 0 fully saturated rings. The van der Waals surface area contributed by atoms with E-state index < -0.39 is 0 Å². The van der Waals surface area contributed by atoms with Gasteiger partial charge in [-0.2, -0.15) is 0 Å². The van der Waals surface area contributed by atoms with Crippen molar-refractivity contribution in [2.75, 3.05) is 12.4 Å². The zero-order chi connectivity index (χ0) is 13.7. The van der Waals surface area contributed by atoms with Gasteiger partial charge in [-0.25, -0.2) is 9.97 Å². The fourth-order valence-electron chi connectivity index (χ4n) is 1.50. The molecule has 0 amide bonds. The Balaban J connectivity index is 2.12. The molecule has 7 nitrogen and oxygen atoms in total. The molecular formula is C12H15N7. The van der Waals surface area contributed by atoms with E-state index >= 15 is 0 Å². The van der Waals surface area contributed by atoms with E-state index in [-0.39, 0.29) is 5.84 Å². The van der Waals surface area contributed by atoms with E-state index in [9.17, 15) is 0 Å². The van der Waals surface area contributed by atoms with Crippen LogP contribution in [-0.4, -0.2) is 32.4 Å². The van der Waals surface area contributed by atoms with Gasteiger partial charge in [0, 0.05) is 31.7 Å². The SMILES string of the molecule is CN/C(=C\C(=N)Nc1cnccn1)n1cnc(C)c1. The number of nitrogens with one attached hydrogen (secondary N) is 3. The number of nitrogens with zero attached hydrogens (tertiary/aromatic N) is 4. The van der Waals surface area contributed by atoms with Gasteiger partial charge in [-0.1, -0.05) is 0 Å². The van der Waals surface area contributed by atoms with Crippen molar-refractivity contribution >= 4 is 17.5 Å². The summed E-state index contributed by atoms with van der Waals surface area (Å²) in [6.07, 6.45) is 9.92. The van der Waals surface area contributed by atoms with E-state index in [2.05, 4.69) is 25.6 Å². The van der Waals surface area contributed by atoms with Gasteiger partial charge in [-0.05, 0) is 6.92 Å². The number of aryl methyl sites for hydroxylation is 1. The molecule has 2 aromatic heterocycles. The number of aromatic nitrogens is 4. The molecule has 19 heavy (non-hydrogen) atoms. The molecule has 0 aromatic carbocycles. The minimum atomic E-state index is 0.205. The summed E-state index contributed by atoms with van der Waals surface area (Å²) in [5.74, 6) is 1.47. The van der Waals surface area contributed by atoms with Gasteiger partial charge in [0.15, 0.2) is 0 Å². The second-order valence-corrected chi connectivity index (χ2v) is 3.83. The first-order valence-corrected chi connectivity index (χ1v) is 5.71. The number of amidine groups is 1. The van der Waals surface area contributed by atoms with Crippen LogP contribution in [0.1, 0.15) is 5.69 Å². The monoisotopic (exact) mass is 257 g/mol. The van der Waals surface area contributed by atoms with Crippen molar-refractivity contribution in [2.24, 2.45) is 0 Å². The number of hydrogen-bond acceptors (Lipinski definition) is 5. The normalized spacial score (nSPS) is 11.2. The summed E-state index contributed by atoms with van der Waals surface area (Å²) >= 11 is 0. The molecule has 0 aliphatic heterocycles. The minimum Gasteiger partial charge on any atom is -0.374 e. The molecule has 0 bridgehead atoms. The maximum absolute atomic E-state index is 7.89. The Morgan fingerprint density at radius 1 is 1.37 bits per heavy atom. The van der Waals surface area contributed by atoms with Gasteiger partial charge < -0.3 is 10.6 Å². The average Bonchev–Trinajstić information content (AvgIpc) is 2.83. The highest BCUT2D eigenvalue weighted by atomic mass is 15.2. The maximum Gasteiger partial charge on any atom is 0.149 e. The molecule has 0 saturated heterocycles. The first-order valence-electron chi connectivity index (χ1n) is 5.71. The predicted octanol–water partition coefficient (Wildman–Crippen LogP) is 1.09. The van der Waals surface area contributed by atoms with Gasteiger partial charge in [0.05, 0.1) is 11.9 Å². The molecule has 7 heteroatoms. The smallest absolute Gasteiger partial charge is 0.149 e. The second-order valence-electron chi connectivity index (χ2n) is 3.83. The fraction of sp³-hybridized carbons (Fsp3) is 0.167. The van der Waals surface area contributed by atoms with Crippen molar-refractivity contribution in [1.82, 2.24) is 24.8 Å². The van der Waals surface area contributed by atoms with Crippen LogP contribution in [0.15, 0.2) is 37.2 Å². The molecule has 0 saturated carbocycles. The summed E-state index contributed by atoms with van der Waals surface area (Å²) in [6.45, 7) is 1.91. The molecule has 3 N–H and O–H groups in total. The van der Waals surface area contributed by atoms with Crippen LogP contribution in [0.5, 0.6) is 0 Å². The largest absolute Gasteiger partial charge is 0.374 e. The fourth-order valence-corrected chi connectivity index (χ4v) is 1.50. The lowest BCUT2D eigenvalue weighted by atomic mass is 10.4. The molecule has 2 heterocycles. The Bertz CT molecular complexity index is 585. The van der Waals surface area contributed by atoms with Crippen LogP contribution in [-0.2, 0) is 0 Å². The lowest BCUT2D eigenvalue weighted by molar-refractivity contribution is 0.952. The lowest BCUT2D eigenvalue weighted by Gasteiger charge is -2.09. The van der Waals surface area contributed by atoms with Crippen molar-refractivity contribution in [3.63, 3.8) is 0 Å². The first kappa shape index (κ1) is 12.7. The third-order valence-electron chi connectivity index (χ3n) is 2.35. The van der Waals surface area contributed by atoms with Gasteiger partial charge in [0.1, 0.15) is 23.8 Å². The predicted molar refractivity (Wildman–Crippen MR) is 73.7 cm³/mol. The van der Waals surface area contributed by atoms with Crippen molar-refractivity contribution in [3.05, 3.63) is 42.9 Å². The zero-order valence-corrected chi connectivity index (χ0v) is 10.8. The molecule has 0 atom stereocenters. The number of imidazole rings is 1. The quantitative estimate of drug-likeness (QED) is 0.563. The number of rotatable bonds is 4. The van der Waals surface area contributed by atoms with E-state index in [1.54, 1.807) is 38.0 Å². The van der Waals surface area contributed by atoms with Gasteiger partial charge in [-0.15, -0.1) is 0 Å². The molecule has 0 aliphatic rings. The van der Waals surface area contributed by atoms with E-state index in [0.29, 0.717) is 5.82 Å². The minimum absolute atomic E-state index is 0.205. The molecule has 98 valence electrons. The molecule has 0 spiro atoms. The van der Waals surface area contributed by atoms with Crippen LogP contribution < -0.4 is 10.6 Å². The highest BCUT2D eigenvalue weighted by Gasteiger charge is 2.02. The first-order chi connectivity index (χ1) is 9.19. The Morgan fingerprint density at radius 2 is 2.21 bits per heavy atom. The third kappa shape index (κ3) is 3.38. The highest BCUT2D eigenvalue weighted by molar-refractivity contribution is 6.03. The van der Waals surface area contributed by atoms with E-state index in [4.69, 9.17) is 5.41 Å². The van der Waals surface area contributed by atoms with Crippen LogP contribution in [0.25, 0.3) is 5.82 Å². The van der Waals surface area contributed by atoms with Crippen LogP contribution in [0.3, 0.4) is 0 Å². The Morgan fingerprint density at radius 3 is 2.79 bits per heavy atom. The molecule has 2 rings (SSSR count). The maximum atomic E-state index is 7.89. The Labute approximate surface area is 110 Å². The van der Waals surface area contributed by atoms with E-state index in [1.165, 1.54) is 0 Å². The summed E-state index contributed by atoms with van der Waals surface area (Å²) in [5, 5.41) is 13.7. The molecule has 2 aromatic rings. The van der Waals surface area contributed by atoms with Crippen LogP contribution in [0, 0.1) is 12.3 Å². The lowest BCUT2D eigenvalue weighted by Crippen LogP contribution is -2.16. The van der Waals surface area contributed by atoms with Crippen LogP contribution in [0.2, 0.25) is 0 Å². The Kier molecular flexibility index (Phi) is 3.87. The highest BCUT2D eigenvalue weighted by Crippen LogP contribution is 2.04. The third-order valence-corrected chi connectivity index (χ3v) is 2.35.